The summed E-state index contributed by atoms with van der Waals surface area (Å²) < 4.78 is 52.9. The first-order chi connectivity index (χ1) is 34.5. The second-order valence-corrected chi connectivity index (χ2v) is 17.9. The zero-order valence-corrected chi connectivity index (χ0v) is 40.4. The van der Waals surface area contributed by atoms with Crippen LogP contribution in [0.2, 0.25) is 0 Å². The molecule has 4 rings (SSSR count). The van der Waals surface area contributed by atoms with Crippen LogP contribution in [-0.2, 0) is 61.9 Å². The fourth-order valence-electron chi connectivity index (χ4n) is 8.90. The number of likely N-dealkylation sites (N-methyl/N-ethyl adjacent to an activating group) is 1. The number of carbonyl (C=O) groups is 3. The summed E-state index contributed by atoms with van der Waals surface area (Å²) in [5.74, 6) is -6.82. The van der Waals surface area contributed by atoms with E-state index in [0.29, 0.717) is 0 Å². The van der Waals surface area contributed by atoms with Gasteiger partial charge in [-0.1, -0.05) is 0 Å². The van der Waals surface area contributed by atoms with Gasteiger partial charge < -0.3 is 136 Å². The molecule has 0 aromatic heterocycles. The molecule has 73 heavy (non-hydrogen) atoms. The molecule has 19 N–H and O–H groups in total. The van der Waals surface area contributed by atoms with Crippen LogP contribution >= 0.6 is 0 Å². The predicted octanol–water partition coefficient (Wildman–Crippen LogP) is -10.9. The molecule has 0 bridgehead atoms. The highest BCUT2D eigenvalue weighted by Gasteiger charge is 2.59. The molecule has 24 atom stereocenters. The second-order valence-electron chi connectivity index (χ2n) is 17.9. The van der Waals surface area contributed by atoms with E-state index in [-0.39, 0.29) is 13.2 Å². The average molecular weight is 1070 g/mol. The number of hydrogen-bond donors (Lipinski definition) is 18. The highest BCUT2D eigenvalue weighted by atomic mass is 16.8. The van der Waals surface area contributed by atoms with Crippen LogP contribution in [0, 0.1) is 0 Å². The Morgan fingerprint density at radius 1 is 0.753 bits per heavy atom. The number of carbonyl (C=O) groups excluding carboxylic acids is 2. The van der Waals surface area contributed by atoms with Gasteiger partial charge in [-0.15, -0.1) is 0 Å². The number of nitrogens with two attached hydrogens (primary N) is 1. The lowest BCUT2D eigenvalue weighted by atomic mass is 9.89. The molecule has 4 heterocycles. The van der Waals surface area contributed by atoms with E-state index < -0.39 is 217 Å². The van der Waals surface area contributed by atoms with Crippen molar-refractivity contribution in [3.8, 4) is 0 Å². The van der Waals surface area contributed by atoms with Crippen LogP contribution in [0.1, 0.15) is 33.1 Å². The smallest absolute Gasteiger partial charge is 0.364 e. The Bertz CT molecular complexity index is 1700. The van der Waals surface area contributed by atoms with Gasteiger partial charge in [0, 0.05) is 54.0 Å². The molecule has 4 saturated heterocycles. The Hall–Kier alpha value is -2.63. The normalized spacial score (nSPS) is 39.3. The van der Waals surface area contributed by atoms with E-state index in [1.54, 1.807) is 0 Å². The SMILES string of the molecule is CO[C@@H](O[C@@H]1C(CO)O[C@@H](N(C)OCCN)C(O)C1O)C(O)C(O[C@]1(C(=O)O)CC(O)[C@@H](NC(C)=O)C(CC(O)CO)O1)[C@H](CCO)O[C@@H]1OC(CO)[C@H](O)C(O[C@@H]2OC(CO)[C@H](O)C(O)C2O)C1NC(C)=O. The summed E-state index contributed by atoms with van der Waals surface area (Å²) in [7, 11) is 2.26. The van der Waals surface area contributed by atoms with Gasteiger partial charge in [-0.2, -0.15) is 5.06 Å². The minimum atomic E-state index is -3.17. The minimum absolute atomic E-state index is 0.0398. The Labute approximate surface area is 417 Å². The number of methoxy groups -OCH3 is 1. The summed E-state index contributed by atoms with van der Waals surface area (Å²) in [6, 6.07) is -3.28. The fraction of sp³-hybridized carbons (Fsp3) is 0.927. The van der Waals surface area contributed by atoms with E-state index in [2.05, 4.69) is 10.6 Å². The molecule has 2 amide bonds. The van der Waals surface area contributed by atoms with Gasteiger partial charge >= 0.3 is 5.97 Å². The molecule has 0 spiro atoms. The summed E-state index contributed by atoms with van der Waals surface area (Å²) in [4.78, 5) is 44.0. The number of hydroxylamine groups is 2. The van der Waals surface area contributed by atoms with Gasteiger partial charge in [-0.05, 0) is 6.42 Å². The Morgan fingerprint density at radius 2 is 1.36 bits per heavy atom. The van der Waals surface area contributed by atoms with Gasteiger partial charge in [-0.25, -0.2) is 4.79 Å². The molecule has 426 valence electrons. The van der Waals surface area contributed by atoms with Crippen LogP contribution in [-0.4, -0.2) is 307 Å². The number of aliphatic hydroxyl groups excluding tert-OH is 14. The lowest BCUT2D eigenvalue weighted by Gasteiger charge is -2.50. The van der Waals surface area contributed by atoms with Crippen molar-refractivity contribution in [1.29, 1.82) is 0 Å². The summed E-state index contributed by atoms with van der Waals surface area (Å²) >= 11 is 0. The average Bonchev–Trinajstić information content (AvgIpc) is 3.34. The van der Waals surface area contributed by atoms with Gasteiger partial charge in [-0.3, -0.25) is 14.4 Å². The minimum Gasteiger partial charge on any atom is -0.477 e. The zero-order chi connectivity index (χ0) is 54.6. The Balaban J connectivity index is 1.86. The molecule has 0 saturated carbocycles. The van der Waals surface area contributed by atoms with Crippen LogP contribution in [0.4, 0.5) is 0 Å². The van der Waals surface area contributed by atoms with E-state index in [1.807, 2.05) is 0 Å². The maximum absolute atomic E-state index is 13.5. The number of aliphatic carboxylic acids is 1. The maximum atomic E-state index is 13.5. The van der Waals surface area contributed by atoms with E-state index in [1.165, 1.54) is 7.05 Å². The number of nitrogens with one attached hydrogen (secondary N) is 2. The molecule has 4 aliphatic rings. The van der Waals surface area contributed by atoms with Crippen molar-refractivity contribution in [3.05, 3.63) is 0 Å². The topological polar surface area (TPSA) is 500 Å². The predicted molar refractivity (Wildman–Crippen MR) is 233 cm³/mol. The first kappa shape index (κ1) is 62.9. The molecular weight excluding hydrogens is 996 g/mol. The summed E-state index contributed by atoms with van der Waals surface area (Å²) in [5.41, 5.74) is 5.50. The maximum Gasteiger partial charge on any atom is 0.364 e. The third kappa shape index (κ3) is 15.3. The fourth-order valence-corrected chi connectivity index (χ4v) is 8.90. The quantitative estimate of drug-likeness (QED) is 0.0268. The van der Waals surface area contributed by atoms with E-state index >= 15 is 0 Å². The third-order valence-corrected chi connectivity index (χ3v) is 12.6. The number of hydrogen-bond acceptors (Lipinski definition) is 29. The number of ether oxygens (including phenoxy) is 9. The van der Waals surface area contributed by atoms with Crippen molar-refractivity contribution in [3.63, 3.8) is 0 Å². The third-order valence-electron chi connectivity index (χ3n) is 12.6. The number of carboxylic acid groups (broad SMARTS) is 1. The van der Waals surface area contributed by atoms with Crippen molar-refractivity contribution in [1.82, 2.24) is 15.7 Å². The molecule has 0 aromatic rings. The summed E-state index contributed by atoms with van der Waals surface area (Å²) in [6.45, 7) is -2.69. The molecule has 32 heteroatoms. The van der Waals surface area contributed by atoms with Gasteiger partial charge in [0.25, 0.3) is 5.79 Å². The van der Waals surface area contributed by atoms with Crippen LogP contribution in [0.25, 0.3) is 0 Å². The van der Waals surface area contributed by atoms with E-state index in [4.69, 9.17) is 53.2 Å². The molecule has 0 aliphatic carbocycles. The number of amides is 2. The monoisotopic (exact) mass is 1070 g/mol. The van der Waals surface area contributed by atoms with Crippen LogP contribution in [0.15, 0.2) is 0 Å². The van der Waals surface area contributed by atoms with E-state index in [9.17, 15) is 91.0 Å². The van der Waals surface area contributed by atoms with Crippen molar-refractivity contribution in [2.45, 2.75) is 180 Å². The zero-order valence-electron chi connectivity index (χ0n) is 40.4. The van der Waals surface area contributed by atoms with Crippen LogP contribution < -0.4 is 16.4 Å². The van der Waals surface area contributed by atoms with Gasteiger partial charge in [0.2, 0.25) is 11.8 Å². The molecule has 0 radical (unpaired) electrons. The highest BCUT2D eigenvalue weighted by Crippen LogP contribution is 2.39. The van der Waals surface area contributed by atoms with Crippen molar-refractivity contribution >= 4 is 17.8 Å². The summed E-state index contributed by atoms with van der Waals surface area (Å²) in [6.07, 6.45) is -42.7. The first-order valence-corrected chi connectivity index (χ1v) is 23.3. The molecule has 4 aliphatic heterocycles. The molecule has 14 unspecified atom stereocenters. The highest BCUT2D eigenvalue weighted by molar-refractivity contribution is 5.76. The number of rotatable bonds is 27. The molecule has 0 aromatic carbocycles. The first-order valence-electron chi connectivity index (χ1n) is 23.3. The van der Waals surface area contributed by atoms with Crippen molar-refractivity contribution in [2.24, 2.45) is 5.73 Å². The van der Waals surface area contributed by atoms with E-state index in [0.717, 1.165) is 26.0 Å². The largest absolute Gasteiger partial charge is 0.477 e. The van der Waals surface area contributed by atoms with Crippen molar-refractivity contribution in [2.75, 3.05) is 60.3 Å². The van der Waals surface area contributed by atoms with Gasteiger partial charge in [0.05, 0.1) is 63.5 Å². The molecular formula is C41H74N4O28. The second kappa shape index (κ2) is 28.7. The standard InChI is InChI=1S/C41H74N4O28/c1-15(51)43-24-18(54)10-41(40(62)63,72-20(24)9-17(53)11-47)73-34(32(61)38(64-4)70-33-23(14-50)66-36(30(59)29(33)58)45(3)65-8-6-42)19(5-7-46)67-37-25(44-16(2)52)35(27(56)22(13-49)68-37)71-39-31(60)28(57)26(55)21(12-48)69-39/h17-39,46-50,53-61H,5-14,42H2,1-4H3,(H,43,51)(H,44,52)(H,62,63)/t17?,18?,19-,20?,21?,22?,23?,24+,25?,26-,27-,28?,29?,30?,31?,32?,33+,34?,35?,36+,37+,38-,39-,41-/m0/s1. The van der Waals surface area contributed by atoms with Crippen molar-refractivity contribution < 1.29 is 138 Å². The Morgan fingerprint density at radius 3 is 1.90 bits per heavy atom. The van der Waals surface area contributed by atoms with Crippen LogP contribution in [0.5, 0.6) is 0 Å². The molecule has 32 nitrogen and oxygen atoms in total. The lowest BCUT2D eigenvalue weighted by Crippen LogP contribution is -2.69. The lowest BCUT2D eigenvalue weighted by molar-refractivity contribution is -0.371. The number of aliphatic hydroxyl groups is 14. The number of nitrogens with zero attached hydrogens (tertiary/aromatic N) is 1. The molecule has 4 fully saturated rings. The van der Waals surface area contributed by atoms with Gasteiger partial charge in [0.1, 0.15) is 85.4 Å². The number of carboxylic acids is 1. The van der Waals surface area contributed by atoms with Gasteiger partial charge in [0.15, 0.2) is 25.1 Å². The summed E-state index contributed by atoms with van der Waals surface area (Å²) in [5, 5.41) is 168. The van der Waals surface area contributed by atoms with Crippen LogP contribution in [0.3, 0.4) is 0 Å². The Kier molecular flexibility index (Phi) is 24.7.